The van der Waals surface area contributed by atoms with Gasteiger partial charge in [0, 0.05) is 34.2 Å². The number of primary amides is 1. The molecule has 3 aromatic heterocycles. The first-order valence-electron chi connectivity index (χ1n) is 8.08. The third-order valence-electron chi connectivity index (χ3n) is 4.17. The maximum absolute atomic E-state index is 12.9. The molecular formula is C19H15N3O2S3. The van der Waals surface area contributed by atoms with Crippen LogP contribution in [0, 0.1) is 0 Å². The average Bonchev–Trinajstić information content (AvgIpc) is 3.33. The summed E-state index contributed by atoms with van der Waals surface area (Å²) in [6.07, 6.45) is 0. The zero-order chi connectivity index (χ0) is 19.0. The molecule has 0 unspecified atom stereocenters. The van der Waals surface area contributed by atoms with Crippen LogP contribution in [-0.4, -0.2) is 15.5 Å². The number of benzene rings is 1. The van der Waals surface area contributed by atoms with E-state index in [1.165, 1.54) is 23.1 Å². The number of thiophene rings is 2. The van der Waals surface area contributed by atoms with Crippen LogP contribution in [-0.2, 0) is 12.8 Å². The second kappa shape index (κ2) is 7.30. The standard InChI is InChI=1S/C19H15N3O2S3/c1-22-18(24)15-13(14-3-2-8-25-14)10-26-17(15)21-19(22)27-9-11-4-6-12(7-5-11)16(20)23/h2-8,10H,9H2,1H3,(H2,20,23). The van der Waals surface area contributed by atoms with Gasteiger partial charge in [-0.2, -0.15) is 0 Å². The minimum atomic E-state index is -0.442. The highest BCUT2D eigenvalue weighted by Crippen LogP contribution is 2.34. The third kappa shape index (κ3) is 3.43. The Morgan fingerprint density at radius 1 is 1.22 bits per heavy atom. The first kappa shape index (κ1) is 18.0. The molecule has 0 spiro atoms. The van der Waals surface area contributed by atoms with Crippen molar-refractivity contribution in [3.05, 3.63) is 68.6 Å². The molecule has 0 fully saturated rings. The number of fused-ring (bicyclic) bond motifs is 1. The molecule has 0 aliphatic rings. The molecule has 0 aliphatic heterocycles. The fourth-order valence-electron chi connectivity index (χ4n) is 2.71. The van der Waals surface area contributed by atoms with Crippen LogP contribution in [0.25, 0.3) is 20.7 Å². The topological polar surface area (TPSA) is 78.0 Å². The van der Waals surface area contributed by atoms with Crippen LogP contribution in [0.3, 0.4) is 0 Å². The highest BCUT2D eigenvalue weighted by atomic mass is 32.2. The molecule has 0 aliphatic carbocycles. The monoisotopic (exact) mass is 413 g/mol. The van der Waals surface area contributed by atoms with Gasteiger partial charge >= 0.3 is 0 Å². The molecular weight excluding hydrogens is 398 g/mol. The lowest BCUT2D eigenvalue weighted by atomic mass is 10.1. The Balaban J connectivity index is 1.64. The van der Waals surface area contributed by atoms with Crippen molar-refractivity contribution in [1.82, 2.24) is 9.55 Å². The Labute approximate surface area is 167 Å². The van der Waals surface area contributed by atoms with Gasteiger partial charge in [-0.25, -0.2) is 4.98 Å². The molecule has 1 aromatic carbocycles. The lowest BCUT2D eigenvalue weighted by Crippen LogP contribution is -2.19. The van der Waals surface area contributed by atoms with Crippen LogP contribution in [0.2, 0.25) is 0 Å². The van der Waals surface area contributed by atoms with Gasteiger partial charge in [-0.1, -0.05) is 30.0 Å². The van der Waals surface area contributed by atoms with Crippen molar-refractivity contribution in [3.8, 4) is 10.4 Å². The maximum Gasteiger partial charge on any atom is 0.263 e. The van der Waals surface area contributed by atoms with Gasteiger partial charge in [-0.05, 0) is 29.1 Å². The highest BCUT2D eigenvalue weighted by Gasteiger charge is 2.16. The van der Waals surface area contributed by atoms with Crippen LogP contribution < -0.4 is 11.3 Å². The third-order valence-corrected chi connectivity index (χ3v) is 7.04. The first-order chi connectivity index (χ1) is 13.0. The molecule has 0 atom stereocenters. The second-order valence-corrected chi connectivity index (χ2v) is 8.66. The number of nitrogens with two attached hydrogens (primary N) is 1. The lowest BCUT2D eigenvalue weighted by Gasteiger charge is -2.08. The van der Waals surface area contributed by atoms with E-state index < -0.39 is 5.91 Å². The van der Waals surface area contributed by atoms with Gasteiger partial charge in [0.15, 0.2) is 5.16 Å². The van der Waals surface area contributed by atoms with Crippen molar-refractivity contribution >= 4 is 50.6 Å². The van der Waals surface area contributed by atoms with E-state index in [1.807, 2.05) is 35.0 Å². The predicted octanol–water partition coefficient (Wildman–Crippen LogP) is 4.11. The van der Waals surface area contributed by atoms with Gasteiger partial charge < -0.3 is 5.73 Å². The van der Waals surface area contributed by atoms with Crippen molar-refractivity contribution < 1.29 is 4.79 Å². The Morgan fingerprint density at radius 2 is 2.00 bits per heavy atom. The van der Waals surface area contributed by atoms with Crippen LogP contribution in [0.15, 0.2) is 57.1 Å². The van der Waals surface area contributed by atoms with Crippen LogP contribution in [0.5, 0.6) is 0 Å². The summed E-state index contributed by atoms with van der Waals surface area (Å²) in [5.74, 6) is 0.205. The van der Waals surface area contributed by atoms with Gasteiger partial charge in [0.2, 0.25) is 5.91 Å². The fourth-order valence-corrected chi connectivity index (χ4v) is 5.44. The lowest BCUT2D eigenvalue weighted by molar-refractivity contribution is 0.100. The predicted molar refractivity (Wildman–Crippen MR) is 113 cm³/mol. The van der Waals surface area contributed by atoms with E-state index in [2.05, 4.69) is 0 Å². The second-order valence-electron chi connectivity index (χ2n) is 5.92. The SMILES string of the molecule is Cn1c(SCc2ccc(C(N)=O)cc2)nc2scc(-c3cccs3)c2c1=O. The van der Waals surface area contributed by atoms with E-state index in [9.17, 15) is 9.59 Å². The van der Waals surface area contributed by atoms with Crippen molar-refractivity contribution in [3.63, 3.8) is 0 Å². The molecule has 136 valence electrons. The molecule has 3 heterocycles. The molecule has 0 saturated carbocycles. The molecule has 2 N–H and O–H groups in total. The van der Waals surface area contributed by atoms with Gasteiger partial charge in [-0.3, -0.25) is 14.2 Å². The summed E-state index contributed by atoms with van der Waals surface area (Å²) in [7, 11) is 1.75. The molecule has 8 heteroatoms. The number of carbonyl (C=O) groups is 1. The van der Waals surface area contributed by atoms with Gasteiger partial charge in [-0.15, -0.1) is 22.7 Å². The fraction of sp³-hybridized carbons (Fsp3) is 0.105. The summed E-state index contributed by atoms with van der Waals surface area (Å²) >= 11 is 4.61. The largest absolute Gasteiger partial charge is 0.366 e. The van der Waals surface area contributed by atoms with Crippen LogP contribution in [0.4, 0.5) is 0 Å². The molecule has 0 saturated heterocycles. The number of thioether (sulfide) groups is 1. The summed E-state index contributed by atoms with van der Waals surface area (Å²) in [4.78, 5) is 30.6. The molecule has 0 radical (unpaired) electrons. The number of rotatable bonds is 5. The molecule has 27 heavy (non-hydrogen) atoms. The molecule has 4 rings (SSSR count). The van der Waals surface area contributed by atoms with Crippen molar-refractivity contribution in [2.75, 3.05) is 0 Å². The number of aromatic nitrogens is 2. The van der Waals surface area contributed by atoms with Gasteiger partial charge in [0.25, 0.3) is 5.56 Å². The smallest absolute Gasteiger partial charge is 0.263 e. The molecule has 5 nitrogen and oxygen atoms in total. The van der Waals surface area contributed by atoms with E-state index in [4.69, 9.17) is 10.7 Å². The summed E-state index contributed by atoms with van der Waals surface area (Å²) in [6, 6.07) is 11.1. The highest BCUT2D eigenvalue weighted by molar-refractivity contribution is 7.98. The number of carbonyl (C=O) groups excluding carboxylic acids is 1. The molecule has 4 aromatic rings. The average molecular weight is 414 g/mol. The minimum Gasteiger partial charge on any atom is -0.366 e. The van der Waals surface area contributed by atoms with Crippen LogP contribution in [0.1, 0.15) is 15.9 Å². The van der Waals surface area contributed by atoms with Crippen LogP contribution >= 0.6 is 34.4 Å². The zero-order valence-electron chi connectivity index (χ0n) is 14.3. The van der Waals surface area contributed by atoms with Gasteiger partial charge in [0.05, 0.1) is 5.39 Å². The van der Waals surface area contributed by atoms with Gasteiger partial charge in [0.1, 0.15) is 4.83 Å². The Morgan fingerprint density at radius 3 is 2.67 bits per heavy atom. The Hall–Kier alpha value is -2.42. The quantitative estimate of drug-likeness (QED) is 0.394. The van der Waals surface area contributed by atoms with Crippen molar-refractivity contribution in [2.24, 2.45) is 12.8 Å². The molecule has 0 bridgehead atoms. The summed E-state index contributed by atoms with van der Waals surface area (Å²) < 4.78 is 1.61. The van der Waals surface area contributed by atoms with E-state index in [0.717, 1.165) is 20.8 Å². The number of hydrogen-bond acceptors (Lipinski definition) is 6. The summed E-state index contributed by atoms with van der Waals surface area (Å²) in [5.41, 5.74) is 7.70. The van der Waals surface area contributed by atoms with E-state index in [1.54, 1.807) is 35.1 Å². The molecule has 1 amide bonds. The Kier molecular flexibility index (Phi) is 4.86. The van der Waals surface area contributed by atoms with E-state index in [-0.39, 0.29) is 5.56 Å². The van der Waals surface area contributed by atoms with Crippen molar-refractivity contribution in [1.29, 1.82) is 0 Å². The zero-order valence-corrected chi connectivity index (χ0v) is 16.8. The minimum absolute atomic E-state index is 0.0313. The first-order valence-corrected chi connectivity index (χ1v) is 10.8. The van der Waals surface area contributed by atoms with E-state index >= 15 is 0 Å². The van der Waals surface area contributed by atoms with Crippen molar-refractivity contribution in [2.45, 2.75) is 10.9 Å². The Bertz CT molecular complexity index is 1180. The maximum atomic E-state index is 12.9. The number of nitrogens with zero attached hydrogens (tertiary/aromatic N) is 2. The number of amides is 1. The summed E-state index contributed by atoms with van der Waals surface area (Å²) in [5, 5.41) is 5.36. The normalized spacial score (nSPS) is 11.1. The van der Waals surface area contributed by atoms with E-state index in [0.29, 0.717) is 21.9 Å². The summed E-state index contributed by atoms with van der Waals surface area (Å²) in [6.45, 7) is 0. The number of hydrogen-bond donors (Lipinski definition) is 1.